The zero-order valence-corrected chi connectivity index (χ0v) is 21.1. The number of hydrogen-bond donors (Lipinski definition) is 0. The summed E-state index contributed by atoms with van der Waals surface area (Å²) in [6, 6.07) is 39.5. The van der Waals surface area contributed by atoms with Gasteiger partial charge in [0.05, 0.1) is 19.4 Å². The average Bonchev–Trinajstić information content (AvgIpc) is 2.91. The molecule has 0 spiro atoms. The molecule has 0 atom stereocenters. The molecule has 0 radical (unpaired) electrons. The third kappa shape index (κ3) is 5.34. The smallest absolute Gasteiger partial charge is 0.161 e. The van der Waals surface area contributed by atoms with Crippen molar-refractivity contribution in [2.75, 3.05) is 13.2 Å². The molecule has 34 heavy (non-hydrogen) atoms. The van der Waals surface area contributed by atoms with Crippen LogP contribution in [0, 0.1) is 0 Å². The van der Waals surface area contributed by atoms with Gasteiger partial charge in [0.15, 0.2) is 11.5 Å². The van der Waals surface area contributed by atoms with E-state index in [-0.39, 0.29) is 0 Å². The summed E-state index contributed by atoms with van der Waals surface area (Å²) in [4.78, 5) is 0. The standard InChI is InChI=1S/C31H34O2P/c1-3-22-32-30-21-20-26(24-31(30)33-23-4-2)25-34(27-14-8-5-9-15-27,28-16-10-6-11-17-28)29-18-12-7-13-19-29/h5-21,24H,3-4,22-23,25H2,1-2H3/q+1. The molecule has 0 fully saturated rings. The Morgan fingerprint density at radius 1 is 0.529 bits per heavy atom. The highest BCUT2D eigenvalue weighted by Crippen LogP contribution is 2.58. The minimum atomic E-state index is -1.95. The zero-order chi connectivity index (χ0) is 23.6. The third-order valence-electron chi connectivity index (χ3n) is 5.94. The molecular weight excluding hydrogens is 435 g/mol. The quantitative estimate of drug-likeness (QED) is 0.226. The molecule has 2 nitrogen and oxygen atoms in total. The fourth-order valence-electron chi connectivity index (χ4n) is 4.35. The van der Waals surface area contributed by atoms with Crippen LogP contribution in [0.5, 0.6) is 11.5 Å². The van der Waals surface area contributed by atoms with Gasteiger partial charge in [-0.25, -0.2) is 0 Å². The first-order valence-electron chi connectivity index (χ1n) is 12.2. The highest BCUT2D eigenvalue weighted by Gasteiger charge is 2.45. The highest BCUT2D eigenvalue weighted by atomic mass is 31.2. The topological polar surface area (TPSA) is 18.5 Å². The van der Waals surface area contributed by atoms with Crippen molar-refractivity contribution in [3.63, 3.8) is 0 Å². The van der Waals surface area contributed by atoms with E-state index in [1.165, 1.54) is 21.5 Å². The Kier molecular flexibility index (Phi) is 8.39. The van der Waals surface area contributed by atoms with Crippen LogP contribution in [0.1, 0.15) is 32.3 Å². The molecule has 0 aliphatic rings. The van der Waals surface area contributed by atoms with Gasteiger partial charge in [0, 0.05) is 0 Å². The maximum absolute atomic E-state index is 6.14. The maximum atomic E-state index is 6.14. The Morgan fingerprint density at radius 3 is 1.41 bits per heavy atom. The molecule has 0 aliphatic heterocycles. The molecule has 0 aromatic heterocycles. The molecule has 0 N–H and O–H groups in total. The van der Waals surface area contributed by atoms with Crippen molar-refractivity contribution in [1.82, 2.24) is 0 Å². The van der Waals surface area contributed by atoms with Crippen LogP contribution in [-0.4, -0.2) is 13.2 Å². The summed E-state index contributed by atoms with van der Waals surface area (Å²) >= 11 is 0. The second kappa shape index (κ2) is 11.9. The van der Waals surface area contributed by atoms with Gasteiger partial charge in [-0.1, -0.05) is 74.5 Å². The molecule has 174 valence electrons. The molecule has 0 heterocycles. The summed E-state index contributed by atoms with van der Waals surface area (Å²) in [7, 11) is -1.95. The SMILES string of the molecule is CCCOc1ccc(C[P+](c2ccccc2)(c2ccccc2)c2ccccc2)cc1OCCC. The molecule has 4 aromatic carbocycles. The largest absolute Gasteiger partial charge is 0.490 e. The first-order valence-corrected chi connectivity index (χ1v) is 14.2. The molecule has 3 heteroatoms. The van der Waals surface area contributed by atoms with E-state index >= 15 is 0 Å². The predicted octanol–water partition coefficient (Wildman–Crippen LogP) is 6.76. The van der Waals surface area contributed by atoms with Gasteiger partial charge < -0.3 is 9.47 Å². The van der Waals surface area contributed by atoms with Crippen molar-refractivity contribution in [2.24, 2.45) is 0 Å². The second-order valence-electron chi connectivity index (χ2n) is 8.45. The van der Waals surface area contributed by atoms with E-state index in [4.69, 9.17) is 9.47 Å². The molecule has 0 unspecified atom stereocenters. The van der Waals surface area contributed by atoms with Gasteiger partial charge in [0.25, 0.3) is 0 Å². The summed E-state index contributed by atoms with van der Waals surface area (Å²) in [5.41, 5.74) is 1.26. The minimum absolute atomic E-state index is 0.683. The molecular formula is C31H34O2P+. The lowest BCUT2D eigenvalue weighted by Gasteiger charge is -2.28. The molecule has 0 saturated carbocycles. The van der Waals surface area contributed by atoms with Crippen LogP contribution in [0.25, 0.3) is 0 Å². The van der Waals surface area contributed by atoms with Gasteiger partial charge in [-0.15, -0.1) is 0 Å². The molecule has 0 bridgehead atoms. The van der Waals surface area contributed by atoms with Crippen molar-refractivity contribution in [3.05, 3.63) is 115 Å². The summed E-state index contributed by atoms with van der Waals surface area (Å²) in [6.45, 7) is 5.63. The molecule has 4 rings (SSSR count). The monoisotopic (exact) mass is 469 g/mol. The first kappa shape index (κ1) is 24.0. The Labute approximate surface area is 204 Å². The van der Waals surface area contributed by atoms with Crippen LogP contribution < -0.4 is 25.4 Å². The summed E-state index contributed by atoms with van der Waals surface area (Å²) in [6.07, 6.45) is 2.85. The van der Waals surface area contributed by atoms with Crippen LogP contribution in [0.2, 0.25) is 0 Å². The van der Waals surface area contributed by atoms with E-state index in [1.54, 1.807) is 0 Å². The lowest BCUT2D eigenvalue weighted by atomic mass is 10.2. The van der Waals surface area contributed by atoms with Crippen molar-refractivity contribution in [1.29, 1.82) is 0 Å². The van der Waals surface area contributed by atoms with E-state index in [1.807, 2.05) is 0 Å². The molecule has 0 saturated heterocycles. The van der Waals surface area contributed by atoms with Gasteiger partial charge >= 0.3 is 0 Å². The van der Waals surface area contributed by atoms with Crippen LogP contribution in [0.3, 0.4) is 0 Å². The third-order valence-corrected chi connectivity index (χ3v) is 10.3. The van der Waals surface area contributed by atoms with E-state index in [0.717, 1.165) is 30.5 Å². The normalized spacial score (nSPS) is 11.2. The predicted molar refractivity (Wildman–Crippen MR) is 147 cm³/mol. The highest BCUT2D eigenvalue weighted by molar-refractivity contribution is 7.95. The maximum Gasteiger partial charge on any atom is 0.161 e. The van der Waals surface area contributed by atoms with Crippen molar-refractivity contribution < 1.29 is 9.47 Å². The van der Waals surface area contributed by atoms with Crippen molar-refractivity contribution >= 4 is 23.2 Å². The fraction of sp³-hybridized carbons (Fsp3) is 0.226. The Morgan fingerprint density at radius 2 is 0.971 bits per heavy atom. The minimum Gasteiger partial charge on any atom is -0.490 e. The Balaban J connectivity index is 1.87. The number of rotatable bonds is 11. The molecule has 0 aliphatic carbocycles. The van der Waals surface area contributed by atoms with Gasteiger partial charge in [-0.2, -0.15) is 0 Å². The fourth-order valence-corrected chi connectivity index (χ4v) is 8.58. The van der Waals surface area contributed by atoms with Crippen molar-refractivity contribution in [2.45, 2.75) is 32.9 Å². The summed E-state index contributed by atoms with van der Waals surface area (Å²) in [5, 5.41) is 4.15. The van der Waals surface area contributed by atoms with E-state index in [0.29, 0.717) is 13.2 Å². The van der Waals surface area contributed by atoms with Gasteiger partial charge in [-0.05, 0) is 66.9 Å². The zero-order valence-electron chi connectivity index (χ0n) is 20.2. The summed E-state index contributed by atoms with van der Waals surface area (Å²) < 4.78 is 12.1. The average molecular weight is 470 g/mol. The van der Waals surface area contributed by atoms with Crippen LogP contribution in [-0.2, 0) is 6.16 Å². The van der Waals surface area contributed by atoms with Gasteiger partial charge in [0.2, 0.25) is 0 Å². The van der Waals surface area contributed by atoms with E-state index < -0.39 is 7.26 Å². The van der Waals surface area contributed by atoms with Gasteiger partial charge in [0.1, 0.15) is 23.2 Å². The van der Waals surface area contributed by atoms with Gasteiger partial charge in [-0.3, -0.25) is 0 Å². The number of ether oxygens (including phenoxy) is 2. The Hall–Kier alpha value is -3.09. The number of benzene rings is 4. The van der Waals surface area contributed by atoms with Crippen molar-refractivity contribution in [3.8, 4) is 11.5 Å². The lowest BCUT2D eigenvalue weighted by molar-refractivity contribution is 0.268. The second-order valence-corrected chi connectivity index (χ2v) is 11.9. The number of hydrogen-bond acceptors (Lipinski definition) is 2. The molecule has 0 amide bonds. The lowest BCUT2D eigenvalue weighted by Crippen LogP contribution is -2.32. The summed E-state index contributed by atoms with van der Waals surface area (Å²) in [5.74, 6) is 1.68. The Bertz CT molecular complexity index is 1050. The van der Waals surface area contributed by atoms with E-state index in [2.05, 4.69) is 123 Å². The first-order chi connectivity index (χ1) is 16.8. The molecule has 4 aromatic rings. The van der Waals surface area contributed by atoms with Crippen LogP contribution >= 0.6 is 7.26 Å². The van der Waals surface area contributed by atoms with Crippen LogP contribution in [0.15, 0.2) is 109 Å². The van der Waals surface area contributed by atoms with E-state index in [9.17, 15) is 0 Å². The van der Waals surface area contributed by atoms with Crippen LogP contribution in [0.4, 0.5) is 0 Å².